The first-order valence-corrected chi connectivity index (χ1v) is 9.35. The molecule has 154 valence electrons. The third kappa shape index (κ3) is 4.18. The van der Waals surface area contributed by atoms with Crippen molar-refractivity contribution < 1.29 is 29.0 Å². The fourth-order valence-corrected chi connectivity index (χ4v) is 2.98. The predicted octanol–water partition coefficient (Wildman–Crippen LogP) is 2.05. The van der Waals surface area contributed by atoms with E-state index in [-0.39, 0.29) is 39.8 Å². The van der Waals surface area contributed by atoms with Gasteiger partial charge in [-0.2, -0.15) is 0 Å². The lowest BCUT2D eigenvalue weighted by Gasteiger charge is -2.16. The zero-order valence-electron chi connectivity index (χ0n) is 15.8. The molecule has 0 saturated heterocycles. The van der Waals surface area contributed by atoms with Crippen molar-refractivity contribution >= 4 is 46.7 Å². The molecular formula is C21H16ClN2O6-. The summed E-state index contributed by atoms with van der Waals surface area (Å²) in [5.41, 5.74) is 0.250. The van der Waals surface area contributed by atoms with Gasteiger partial charge in [-0.25, -0.2) is 9.69 Å². The second kappa shape index (κ2) is 8.79. The number of hydrogen-bond donors (Lipinski definition) is 1. The van der Waals surface area contributed by atoms with E-state index in [9.17, 15) is 24.3 Å². The standard InChI is InChI=1S/C21H17ClN2O6/c1-2-9-30-21(29)13-6-4-8-15(11-13)24-18(25)16(22)17(19(24)26)23-14-7-3-5-12(10-14)20(27)28/h3-8,10-11,23H,2,9H2,1H3,(H,27,28)/p-1. The van der Waals surface area contributed by atoms with Gasteiger partial charge in [0.1, 0.15) is 10.7 Å². The Morgan fingerprint density at radius 3 is 2.47 bits per heavy atom. The Balaban J connectivity index is 1.86. The van der Waals surface area contributed by atoms with Gasteiger partial charge in [-0.1, -0.05) is 36.7 Å². The highest BCUT2D eigenvalue weighted by molar-refractivity contribution is 6.53. The molecule has 30 heavy (non-hydrogen) atoms. The number of carboxylic acid groups (broad SMARTS) is 1. The molecule has 0 spiro atoms. The minimum Gasteiger partial charge on any atom is -0.545 e. The quantitative estimate of drug-likeness (QED) is 0.531. The summed E-state index contributed by atoms with van der Waals surface area (Å²) in [7, 11) is 0. The summed E-state index contributed by atoms with van der Waals surface area (Å²) in [5, 5.41) is 13.3. The number of anilines is 2. The van der Waals surface area contributed by atoms with Gasteiger partial charge in [-0.3, -0.25) is 9.59 Å². The molecule has 0 fully saturated rings. The topological polar surface area (TPSA) is 116 Å². The number of rotatable bonds is 7. The van der Waals surface area contributed by atoms with Crippen LogP contribution in [0.2, 0.25) is 0 Å². The zero-order valence-corrected chi connectivity index (χ0v) is 16.6. The minimum atomic E-state index is -1.39. The van der Waals surface area contributed by atoms with E-state index in [0.717, 1.165) is 4.90 Å². The monoisotopic (exact) mass is 427 g/mol. The molecule has 0 saturated carbocycles. The second-order valence-corrected chi connectivity index (χ2v) is 6.69. The third-order valence-corrected chi connectivity index (χ3v) is 4.52. The molecule has 2 amide bonds. The Bertz CT molecular complexity index is 1080. The van der Waals surface area contributed by atoms with Crippen LogP contribution >= 0.6 is 11.6 Å². The van der Waals surface area contributed by atoms with Crippen LogP contribution in [0, 0.1) is 0 Å². The lowest BCUT2D eigenvalue weighted by molar-refractivity contribution is -0.255. The molecule has 2 aromatic carbocycles. The van der Waals surface area contributed by atoms with E-state index >= 15 is 0 Å². The van der Waals surface area contributed by atoms with Crippen molar-refractivity contribution in [2.75, 3.05) is 16.8 Å². The Morgan fingerprint density at radius 2 is 1.77 bits per heavy atom. The molecule has 9 heteroatoms. The molecule has 0 atom stereocenters. The first-order chi connectivity index (χ1) is 14.3. The van der Waals surface area contributed by atoms with Crippen LogP contribution in [-0.4, -0.2) is 30.4 Å². The number of ether oxygens (including phenoxy) is 1. The van der Waals surface area contributed by atoms with Crippen molar-refractivity contribution in [3.05, 3.63) is 70.4 Å². The maximum Gasteiger partial charge on any atom is 0.338 e. The van der Waals surface area contributed by atoms with Gasteiger partial charge in [0.15, 0.2) is 0 Å². The highest BCUT2D eigenvalue weighted by Gasteiger charge is 2.39. The van der Waals surface area contributed by atoms with Crippen molar-refractivity contribution in [3.63, 3.8) is 0 Å². The SMILES string of the molecule is CCCOC(=O)c1cccc(N2C(=O)C(Cl)=C(Nc3cccc(C(=O)[O-])c3)C2=O)c1. The van der Waals surface area contributed by atoms with Gasteiger partial charge in [0, 0.05) is 5.69 Å². The van der Waals surface area contributed by atoms with Crippen LogP contribution in [-0.2, 0) is 14.3 Å². The van der Waals surface area contributed by atoms with Gasteiger partial charge < -0.3 is 20.0 Å². The summed E-state index contributed by atoms with van der Waals surface area (Å²) in [6.07, 6.45) is 0.655. The molecule has 0 bridgehead atoms. The molecule has 8 nitrogen and oxygen atoms in total. The van der Waals surface area contributed by atoms with E-state index in [0.29, 0.717) is 6.42 Å². The summed E-state index contributed by atoms with van der Waals surface area (Å²) in [5.74, 6) is -3.49. The summed E-state index contributed by atoms with van der Waals surface area (Å²) in [4.78, 5) is 49.4. The van der Waals surface area contributed by atoms with Crippen LogP contribution in [0.5, 0.6) is 0 Å². The predicted molar refractivity (Wildman–Crippen MR) is 107 cm³/mol. The molecule has 0 aliphatic carbocycles. The highest BCUT2D eigenvalue weighted by Crippen LogP contribution is 2.30. The minimum absolute atomic E-state index is 0.108. The van der Waals surface area contributed by atoms with Crippen molar-refractivity contribution in [3.8, 4) is 0 Å². The second-order valence-electron chi connectivity index (χ2n) is 6.31. The van der Waals surface area contributed by atoms with Gasteiger partial charge >= 0.3 is 5.97 Å². The van der Waals surface area contributed by atoms with Gasteiger partial charge in [0.25, 0.3) is 11.8 Å². The molecule has 0 radical (unpaired) electrons. The maximum atomic E-state index is 12.9. The lowest BCUT2D eigenvalue weighted by atomic mass is 10.2. The molecule has 3 rings (SSSR count). The van der Waals surface area contributed by atoms with Crippen molar-refractivity contribution in [1.29, 1.82) is 0 Å². The number of nitrogens with one attached hydrogen (secondary N) is 1. The number of aromatic carboxylic acids is 1. The Kier molecular flexibility index (Phi) is 6.17. The molecule has 1 aliphatic rings. The number of benzene rings is 2. The van der Waals surface area contributed by atoms with Gasteiger partial charge in [-0.05, 0) is 42.3 Å². The van der Waals surface area contributed by atoms with Crippen LogP contribution in [0.25, 0.3) is 0 Å². The number of halogens is 1. The maximum absolute atomic E-state index is 12.9. The normalized spacial score (nSPS) is 13.6. The number of carbonyl (C=O) groups excluding carboxylic acids is 4. The molecular weight excluding hydrogens is 412 g/mol. The lowest BCUT2D eigenvalue weighted by Crippen LogP contribution is -2.32. The van der Waals surface area contributed by atoms with Gasteiger partial charge in [-0.15, -0.1) is 0 Å². The van der Waals surface area contributed by atoms with Crippen LogP contribution in [0.3, 0.4) is 0 Å². The van der Waals surface area contributed by atoms with Gasteiger partial charge in [0.2, 0.25) is 0 Å². The first-order valence-electron chi connectivity index (χ1n) is 8.97. The number of nitrogens with zero attached hydrogens (tertiary/aromatic N) is 1. The highest BCUT2D eigenvalue weighted by atomic mass is 35.5. The largest absolute Gasteiger partial charge is 0.545 e. The molecule has 1 aliphatic heterocycles. The average molecular weight is 428 g/mol. The number of carbonyl (C=O) groups is 4. The van der Waals surface area contributed by atoms with Crippen molar-refractivity contribution in [2.24, 2.45) is 0 Å². The Morgan fingerprint density at radius 1 is 1.07 bits per heavy atom. The van der Waals surface area contributed by atoms with Crippen LogP contribution in [0.4, 0.5) is 11.4 Å². The summed E-state index contributed by atoms with van der Waals surface area (Å²) in [6.45, 7) is 2.10. The van der Waals surface area contributed by atoms with E-state index in [4.69, 9.17) is 16.3 Å². The van der Waals surface area contributed by atoms with Crippen LogP contribution in [0.1, 0.15) is 34.1 Å². The Hall–Kier alpha value is -3.65. The third-order valence-electron chi connectivity index (χ3n) is 4.17. The summed E-state index contributed by atoms with van der Waals surface area (Å²) >= 11 is 6.08. The van der Waals surface area contributed by atoms with E-state index in [1.165, 1.54) is 48.5 Å². The summed E-state index contributed by atoms with van der Waals surface area (Å²) < 4.78 is 5.07. The van der Waals surface area contributed by atoms with Crippen molar-refractivity contribution in [2.45, 2.75) is 13.3 Å². The van der Waals surface area contributed by atoms with E-state index < -0.39 is 23.8 Å². The number of imide groups is 1. The van der Waals surface area contributed by atoms with E-state index in [2.05, 4.69) is 5.32 Å². The fraction of sp³-hybridized carbons (Fsp3) is 0.143. The number of carboxylic acids is 1. The molecule has 1 N–H and O–H groups in total. The van der Waals surface area contributed by atoms with Crippen LogP contribution < -0.4 is 15.3 Å². The molecule has 2 aromatic rings. The summed E-state index contributed by atoms with van der Waals surface area (Å²) in [6, 6.07) is 11.4. The van der Waals surface area contributed by atoms with E-state index in [1.54, 1.807) is 0 Å². The molecule has 0 aromatic heterocycles. The zero-order chi connectivity index (χ0) is 21.8. The average Bonchev–Trinajstić information content (AvgIpc) is 2.95. The first kappa shape index (κ1) is 21.1. The van der Waals surface area contributed by atoms with Gasteiger partial charge in [0.05, 0.1) is 23.8 Å². The molecule has 1 heterocycles. The fourth-order valence-electron chi connectivity index (χ4n) is 2.76. The Labute approximate surface area is 176 Å². The van der Waals surface area contributed by atoms with E-state index in [1.807, 2.05) is 6.92 Å². The molecule has 0 unspecified atom stereocenters. The number of hydrogen-bond acceptors (Lipinski definition) is 7. The smallest absolute Gasteiger partial charge is 0.338 e. The number of amides is 2. The van der Waals surface area contributed by atoms with Crippen molar-refractivity contribution in [1.82, 2.24) is 0 Å². The van der Waals surface area contributed by atoms with Crippen LogP contribution in [0.15, 0.2) is 59.3 Å². The number of esters is 1.